The quantitative estimate of drug-likeness (QED) is 0.367. The van der Waals surface area contributed by atoms with Gasteiger partial charge in [0.25, 0.3) is 15.9 Å². The third kappa shape index (κ3) is 6.62. The molecule has 32 heavy (non-hydrogen) atoms. The summed E-state index contributed by atoms with van der Waals surface area (Å²) in [7, 11) is -3.55. The molecule has 2 unspecified atom stereocenters. The van der Waals surface area contributed by atoms with E-state index in [2.05, 4.69) is 5.32 Å². The number of carboxylic acids is 2. The van der Waals surface area contributed by atoms with Gasteiger partial charge in [-0.1, -0.05) is 42.5 Å². The second-order valence-electron chi connectivity index (χ2n) is 6.72. The van der Waals surface area contributed by atoms with Crippen molar-refractivity contribution in [2.24, 2.45) is 5.73 Å². The molecule has 1 aliphatic rings. The third-order valence-corrected chi connectivity index (χ3v) is 5.67. The van der Waals surface area contributed by atoms with Gasteiger partial charge in [0.15, 0.2) is 0 Å². The molecule has 2 aromatic rings. The second-order valence-corrected chi connectivity index (χ2v) is 8.38. The van der Waals surface area contributed by atoms with Crippen LogP contribution in [-0.4, -0.2) is 54.5 Å². The maximum atomic E-state index is 11.6. The summed E-state index contributed by atoms with van der Waals surface area (Å²) in [5.41, 5.74) is 6.34. The molecular formula is C20H21N3O8S. The number of carbonyl (C=O) groups is 4. The zero-order valence-electron chi connectivity index (χ0n) is 16.6. The number of hydrogen-bond donors (Lipinski definition) is 5. The van der Waals surface area contributed by atoms with Crippen LogP contribution in [0.4, 0.5) is 0 Å². The summed E-state index contributed by atoms with van der Waals surface area (Å²) < 4.78 is 24.2. The highest BCUT2D eigenvalue weighted by Crippen LogP contribution is 2.20. The minimum Gasteiger partial charge on any atom is -0.481 e. The number of benzene rings is 2. The van der Waals surface area contributed by atoms with Gasteiger partial charge in [0.1, 0.15) is 10.9 Å². The Bertz CT molecular complexity index is 1120. The van der Waals surface area contributed by atoms with Crippen molar-refractivity contribution in [2.45, 2.75) is 29.8 Å². The number of nitrogens with two attached hydrogens (primary N) is 1. The highest BCUT2D eigenvalue weighted by Gasteiger charge is 2.31. The smallest absolute Gasteiger partial charge is 0.326 e. The monoisotopic (exact) mass is 463 g/mol. The van der Waals surface area contributed by atoms with Gasteiger partial charge in [0.2, 0.25) is 5.91 Å². The molecule has 1 aliphatic heterocycles. The Hall–Kier alpha value is -3.77. The first-order chi connectivity index (χ1) is 15.0. The molecule has 0 spiro atoms. The maximum absolute atomic E-state index is 11.6. The van der Waals surface area contributed by atoms with Crippen LogP contribution in [0, 0.1) is 0 Å². The number of hydrogen-bond acceptors (Lipinski definition) is 7. The molecule has 2 aromatic carbocycles. The summed E-state index contributed by atoms with van der Waals surface area (Å²) in [5, 5.41) is 19.9. The molecular weight excluding hydrogens is 442 g/mol. The third-order valence-electron chi connectivity index (χ3n) is 4.28. The first-order valence-electron chi connectivity index (χ1n) is 9.22. The molecule has 2 amide bonds. The van der Waals surface area contributed by atoms with Crippen LogP contribution in [0.25, 0.3) is 0 Å². The first-order valence-corrected chi connectivity index (χ1v) is 10.7. The van der Waals surface area contributed by atoms with E-state index >= 15 is 0 Å². The van der Waals surface area contributed by atoms with Crippen molar-refractivity contribution < 1.29 is 37.8 Å². The zero-order valence-corrected chi connectivity index (χ0v) is 17.4. The highest BCUT2D eigenvalue weighted by atomic mass is 32.2. The molecule has 170 valence electrons. The summed E-state index contributed by atoms with van der Waals surface area (Å²) in [5.74, 6) is -3.77. The molecule has 6 N–H and O–H groups in total. The molecule has 3 rings (SSSR count). The lowest BCUT2D eigenvalue weighted by Crippen LogP contribution is -2.49. The fourth-order valence-electron chi connectivity index (χ4n) is 2.73. The van der Waals surface area contributed by atoms with E-state index in [0.29, 0.717) is 0 Å². The van der Waals surface area contributed by atoms with Crippen LogP contribution in [0.3, 0.4) is 0 Å². The highest BCUT2D eigenvalue weighted by molar-refractivity contribution is 7.90. The molecule has 0 aromatic heterocycles. The van der Waals surface area contributed by atoms with E-state index in [4.69, 9.17) is 15.9 Å². The van der Waals surface area contributed by atoms with E-state index in [-0.39, 0.29) is 16.9 Å². The standard InChI is InChI=1S/C13H16N2O5.C7H5NO3S/c14-9(7-11(16)17)12(18)15-10(13(19)20)6-8-4-2-1-3-5-8;9-7-5-3-1-2-4-6(5)12(10,11)8-7/h1-5,9-10H,6-7,14H2,(H,15,18)(H,16,17)(H,19,20);1-4H,(H,8,9). The fourth-order valence-corrected chi connectivity index (χ4v) is 3.90. The van der Waals surface area contributed by atoms with E-state index in [1.165, 1.54) is 12.1 Å². The van der Waals surface area contributed by atoms with Crippen LogP contribution >= 0.6 is 0 Å². The Morgan fingerprint density at radius 2 is 1.59 bits per heavy atom. The average molecular weight is 463 g/mol. The lowest BCUT2D eigenvalue weighted by molar-refractivity contribution is -0.142. The Morgan fingerprint density at radius 3 is 2.16 bits per heavy atom. The number of carbonyl (C=O) groups excluding carboxylic acids is 2. The van der Waals surface area contributed by atoms with Crippen molar-refractivity contribution in [3.8, 4) is 0 Å². The Labute approximate surface area is 183 Å². The summed E-state index contributed by atoms with van der Waals surface area (Å²) >= 11 is 0. The molecule has 12 heteroatoms. The summed E-state index contributed by atoms with van der Waals surface area (Å²) in [6.07, 6.45) is -0.453. The van der Waals surface area contributed by atoms with Crippen molar-refractivity contribution in [1.29, 1.82) is 0 Å². The summed E-state index contributed by atoms with van der Waals surface area (Å²) in [6.45, 7) is 0. The van der Waals surface area contributed by atoms with Crippen molar-refractivity contribution in [1.82, 2.24) is 10.0 Å². The Kier molecular flexibility index (Phi) is 8.04. The topological polar surface area (TPSA) is 193 Å². The minimum absolute atomic E-state index is 0.0648. The predicted octanol–water partition coefficient (Wildman–Crippen LogP) is -0.281. The first kappa shape index (κ1) is 24.5. The van der Waals surface area contributed by atoms with Crippen LogP contribution in [0.5, 0.6) is 0 Å². The number of fused-ring (bicyclic) bond motifs is 1. The van der Waals surface area contributed by atoms with Gasteiger partial charge in [-0.15, -0.1) is 0 Å². The summed E-state index contributed by atoms with van der Waals surface area (Å²) in [4.78, 5) is 44.2. The second kappa shape index (κ2) is 10.5. The molecule has 0 radical (unpaired) electrons. The normalized spacial score (nSPS) is 15.2. The maximum Gasteiger partial charge on any atom is 0.326 e. The van der Waals surface area contributed by atoms with Crippen molar-refractivity contribution in [3.63, 3.8) is 0 Å². The van der Waals surface area contributed by atoms with E-state index in [1.807, 2.05) is 4.72 Å². The largest absolute Gasteiger partial charge is 0.481 e. The van der Waals surface area contributed by atoms with E-state index < -0.39 is 52.3 Å². The van der Waals surface area contributed by atoms with E-state index in [0.717, 1.165) is 5.56 Å². The lowest BCUT2D eigenvalue weighted by Gasteiger charge is -2.17. The number of nitrogens with one attached hydrogen (secondary N) is 2. The van der Waals surface area contributed by atoms with Gasteiger partial charge >= 0.3 is 11.9 Å². The molecule has 2 atom stereocenters. The molecule has 0 saturated heterocycles. The van der Waals surface area contributed by atoms with Crippen molar-refractivity contribution in [3.05, 3.63) is 65.7 Å². The molecule has 0 fully saturated rings. The summed E-state index contributed by atoms with van der Waals surface area (Å²) in [6, 6.07) is 12.4. The van der Waals surface area contributed by atoms with Gasteiger partial charge in [-0.3, -0.25) is 14.4 Å². The number of amides is 2. The molecule has 1 heterocycles. The molecule has 0 saturated carbocycles. The van der Waals surface area contributed by atoms with Gasteiger partial charge in [-0.05, 0) is 17.7 Å². The van der Waals surface area contributed by atoms with Crippen LogP contribution < -0.4 is 15.8 Å². The lowest BCUT2D eigenvalue weighted by atomic mass is 10.1. The number of rotatable bonds is 7. The van der Waals surface area contributed by atoms with Crippen LogP contribution in [0.1, 0.15) is 22.3 Å². The predicted molar refractivity (Wildman–Crippen MR) is 111 cm³/mol. The zero-order chi connectivity index (χ0) is 23.9. The number of sulfonamides is 1. The molecule has 0 aliphatic carbocycles. The van der Waals surface area contributed by atoms with Crippen LogP contribution in [0.2, 0.25) is 0 Å². The van der Waals surface area contributed by atoms with E-state index in [9.17, 15) is 27.6 Å². The molecule has 11 nitrogen and oxygen atoms in total. The Morgan fingerprint density at radius 1 is 1.00 bits per heavy atom. The van der Waals surface area contributed by atoms with Crippen molar-refractivity contribution >= 4 is 33.8 Å². The van der Waals surface area contributed by atoms with Gasteiger partial charge in [0.05, 0.1) is 18.0 Å². The van der Waals surface area contributed by atoms with Gasteiger partial charge in [0, 0.05) is 6.42 Å². The SMILES string of the molecule is NC(CC(=O)O)C(=O)NC(Cc1ccccc1)C(=O)O.O=C1NS(=O)(=O)c2ccccc21. The minimum atomic E-state index is -3.55. The van der Waals surface area contributed by atoms with E-state index in [1.54, 1.807) is 42.5 Å². The molecule has 0 bridgehead atoms. The number of aliphatic carboxylic acids is 2. The van der Waals surface area contributed by atoms with Gasteiger partial charge in [-0.2, -0.15) is 0 Å². The number of carboxylic acid groups (broad SMARTS) is 2. The van der Waals surface area contributed by atoms with Gasteiger partial charge < -0.3 is 21.3 Å². The van der Waals surface area contributed by atoms with Crippen LogP contribution in [-0.2, 0) is 30.8 Å². The average Bonchev–Trinajstić information content (AvgIpc) is 2.97. The fraction of sp³-hybridized carbons (Fsp3) is 0.200. The van der Waals surface area contributed by atoms with Crippen LogP contribution in [0.15, 0.2) is 59.5 Å². The Balaban J connectivity index is 0.000000255. The van der Waals surface area contributed by atoms with Crippen molar-refractivity contribution in [2.75, 3.05) is 0 Å². The van der Waals surface area contributed by atoms with Gasteiger partial charge in [-0.25, -0.2) is 17.9 Å².